The van der Waals surface area contributed by atoms with Crippen molar-refractivity contribution < 1.29 is 27.4 Å². The van der Waals surface area contributed by atoms with Crippen molar-refractivity contribution in [3.05, 3.63) is 29.6 Å². The summed E-state index contributed by atoms with van der Waals surface area (Å²) in [6.07, 6.45) is -6.16. The fourth-order valence-corrected chi connectivity index (χ4v) is 1.23. The molecule has 0 bridgehead atoms. The minimum absolute atomic E-state index is 0.172. The van der Waals surface area contributed by atoms with E-state index in [4.69, 9.17) is 5.73 Å². The van der Waals surface area contributed by atoms with E-state index in [0.717, 1.165) is 12.1 Å². The molecule has 1 aromatic carbocycles. The molecule has 7 heteroatoms. The molecule has 0 aromatic heterocycles. The lowest BCUT2D eigenvalue weighted by atomic mass is 10.0. The van der Waals surface area contributed by atoms with E-state index in [1.807, 2.05) is 0 Å². The topological polar surface area (TPSA) is 55.5 Å². The second kappa shape index (κ2) is 4.89. The highest BCUT2D eigenvalue weighted by atomic mass is 19.4. The van der Waals surface area contributed by atoms with Gasteiger partial charge in [0.25, 0.3) is 0 Å². The van der Waals surface area contributed by atoms with Gasteiger partial charge in [0.1, 0.15) is 11.6 Å². The third-order valence-electron chi connectivity index (χ3n) is 2.02. The summed E-state index contributed by atoms with van der Waals surface area (Å²) in [7, 11) is 0. The molecule has 0 heterocycles. The van der Waals surface area contributed by atoms with Gasteiger partial charge in [0.2, 0.25) is 0 Å². The Morgan fingerprint density at radius 2 is 1.94 bits per heavy atom. The molecule has 17 heavy (non-hydrogen) atoms. The number of halogens is 4. The number of benzene rings is 1. The maximum atomic E-state index is 13.4. The van der Waals surface area contributed by atoms with Gasteiger partial charge in [-0.25, -0.2) is 4.39 Å². The second-order valence-corrected chi connectivity index (χ2v) is 3.54. The van der Waals surface area contributed by atoms with E-state index >= 15 is 0 Å². The van der Waals surface area contributed by atoms with Gasteiger partial charge in [0, 0.05) is 17.7 Å². The molecular weight excluding hydrogens is 242 g/mol. The van der Waals surface area contributed by atoms with Crippen molar-refractivity contribution in [3.8, 4) is 5.75 Å². The van der Waals surface area contributed by atoms with Crippen LogP contribution in [0.5, 0.6) is 5.75 Å². The quantitative estimate of drug-likeness (QED) is 0.811. The first kappa shape index (κ1) is 13.7. The third kappa shape index (κ3) is 3.86. The summed E-state index contributed by atoms with van der Waals surface area (Å²) in [5.41, 5.74) is 5.18. The maximum Gasteiger partial charge on any atom is 0.573 e. The van der Waals surface area contributed by atoms with Crippen LogP contribution in [0.15, 0.2) is 18.2 Å². The SMILES string of the molecule is C[C@H](N)[C@H](O)c1ccc(OC(F)(F)F)cc1F. The first-order valence-electron chi connectivity index (χ1n) is 4.69. The van der Waals surface area contributed by atoms with E-state index in [-0.39, 0.29) is 5.56 Å². The lowest BCUT2D eigenvalue weighted by Gasteiger charge is -2.16. The lowest BCUT2D eigenvalue weighted by molar-refractivity contribution is -0.274. The Labute approximate surface area is 94.8 Å². The Morgan fingerprint density at radius 1 is 1.35 bits per heavy atom. The summed E-state index contributed by atoms with van der Waals surface area (Å²) < 4.78 is 52.4. The Bertz CT molecular complexity index is 392. The first-order chi connectivity index (χ1) is 7.70. The molecule has 1 rings (SSSR count). The zero-order valence-electron chi connectivity index (χ0n) is 8.83. The molecule has 3 N–H and O–H groups in total. The molecule has 3 nitrogen and oxygen atoms in total. The van der Waals surface area contributed by atoms with Crippen molar-refractivity contribution in [2.75, 3.05) is 0 Å². The molecule has 0 amide bonds. The van der Waals surface area contributed by atoms with Gasteiger partial charge in [0.05, 0.1) is 6.10 Å². The molecule has 0 saturated carbocycles. The van der Waals surface area contributed by atoms with E-state index in [0.29, 0.717) is 6.07 Å². The number of rotatable bonds is 3. The standard InChI is InChI=1S/C10H11F4NO2/c1-5(15)9(16)7-3-2-6(4-8(7)11)17-10(12,13)14/h2-5,9,16H,15H2,1H3/t5-,9-/m0/s1. The van der Waals surface area contributed by atoms with Crippen LogP contribution in [0.2, 0.25) is 0 Å². The Morgan fingerprint density at radius 3 is 2.35 bits per heavy atom. The van der Waals surface area contributed by atoms with Gasteiger partial charge >= 0.3 is 6.36 Å². The number of alkyl halides is 3. The summed E-state index contributed by atoms with van der Waals surface area (Å²) >= 11 is 0. The average Bonchev–Trinajstić information content (AvgIpc) is 2.14. The highest BCUT2D eigenvalue weighted by Gasteiger charge is 2.31. The van der Waals surface area contributed by atoms with E-state index < -0.39 is 30.1 Å². The van der Waals surface area contributed by atoms with Crippen molar-refractivity contribution in [1.82, 2.24) is 0 Å². The van der Waals surface area contributed by atoms with E-state index in [2.05, 4.69) is 4.74 Å². The van der Waals surface area contributed by atoms with Crippen LogP contribution in [0.4, 0.5) is 17.6 Å². The predicted molar refractivity (Wildman–Crippen MR) is 51.7 cm³/mol. The molecule has 0 aliphatic heterocycles. The number of hydrogen-bond acceptors (Lipinski definition) is 3. The molecule has 2 atom stereocenters. The fraction of sp³-hybridized carbons (Fsp3) is 0.400. The van der Waals surface area contributed by atoms with Crippen molar-refractivity contribution in [1.29, 1.82) is 0 Å². The summed E-state index contributed by atoms with van der Waals surface area (Å²) in [5, 5.41) is 9.47. The molecule has 0 aliphatic rings. The summed E-state index contributed by atoms with van der Waals surface area (Å²) in [6, 6.07) is 1.73. The minimum atomic E-state index is -4.88. The van der Waals surface area contributed by atoms with Gasteiger partial charge in [-0.3, -0.25) is 0 Å². The van der Waals surface area contributed by atoms with Crippen LogP contribution >= 0.6 is 0 Å². The van der Waals surface area contributed by atoms with E-state index in [1.165, 1.54) is 6.92 Å². The molecule has 0 fully saturated rings. The van der Waals surface area contributed by atoms with Gasteiger partial charge in [-0.2, -0.15) is 0 Å². The number of aliphatic hydroxyl groups excluding tert-OH is 1. The van der Waals surface area contributed by atoms with Crippen LogP contribution in [-0.2, 0) is 0 Å². The summed E-state index contributed by atoms with van der Waals surface area (Å²) in [4.78, 5) is 0. The molecule has 0 unspecified atom stereocenters. The summed E-state index contributed by atoms with van der Waals surface area (Å²) in [5.74, 6) is -1.69. The van der Waals surface area contributed by atoms with E-state index in [1.54, 1.807) is 0 Å². The van der Waals surface area contributed by atoms with Crippen LogP contribution in [0.25, 0.3) is 0 Å². The second-order valence-electron chi connectivity index (χ2n) is 3.54. The molecule has 0 aliphatic carbocycles. The smallest absolute Gasteiger partial charge is 0.406 e. The Balaban J connectivity index is 2.94. The van der Waals surface area contributed by atoms with Crippen molar-refractivity contribution >= 4 is 0 Å². The van der Waals surface area contributed by atoms with E-state index in [9.17, 15) is 22.7 Å². The minimum Gasteiger partial charge on any atom is -0.406 e. The zero-order chi connectivity index (χ0) is 13.2. The van der Waals surface area contributed by atoms with Crippen LogP contribution in [0.1, 0.15) is 18.6 Å². The van der Waals surface area contributed by atoms with Gasteiger partial charge in [0.15, 0.2) is 0 Å². The zero-order valence-corrected chi connectivity index (χ0v) is 8.83. The van der Waals surface area contributed by atoms with Crippen LogP contribution in [0, 0.1) is 5.82 Å². The van der Waals surface area contributed by atoms with Crippen LogP contribution in [0.3, 0.4) is 0 Å². The number of nitrogens with two attached hydrogens (primary N) is 1. The average molecular weight is 253 g/mol. The lowest BCUT2D eigenvalue weighted by Crippen LogP contribution is -2.25. The normalized spacial score (nSPS) is 15.5. The highest BCUT2D eigenvalue weighted by Crippen LogP contribution is 2.27. The maximum absolute atomic E-state index is 13.4. The largest absolute Gasteiger partial charge is 0.573 e. The molecule has 96 valence electrons. The van der Waals surface area contributed by atoms with Gasteiger partial charge < -0.3 is 15.6 Å². The van der Waals surface area contributed by atoms with Gasteiger partial charge in [-0.1, -0.05) is 0 Å². The van der Waals surface area contributed by atoms with Crippen molar-refractivity contribution in [3.63, 3.8) is 0 Å². The molecule has 0 radical (unpaired) electrons. The van der Waals surface area contributed by atoms with Crippen LogP contribution < -0.4 is 10.5 Å². The first-order valence-corrected chi connectivity index (χ1v) is 4.69. The number of hydrogen-bond donors (Lipinski definition) is 2. The number of ether oxygens (including phenoxy) is 1. The molecule has 0 saturated heterocycles. The predicted octanol–water partition coefficient (Wildman–Crippen LogP) is 2.10. The van der Waals surface area contributed by atoms with Gasteiger partial charge in [-0.15, -0.1) is 13.2 Å². The Kier molecular flexibility index (Phi) is 3.94. The fourth-order valence-electron chi connectivity index (χ4n) is 1.23. The van der Waals surface area contributed by atoms with Crippen LogP contribution in [-0.4, -0.2) is 17.5 Å². The monoisotopic (exact) mass is 253 g/mol. The van der Waals surface area contributed by atoms with Gasteiger partial charge in [-0.05, 0) is 19.1 Å². The number of aliphatic hydroxyl groups is 1. The molecular formula is C10H11F4NO2. The third-order valence-corrected chi connectivity index (χ3v) is 2.02. The molecule has 1 aromatic rings. The van der Waals surface area contributed by atoms with Crippen molar-refractivity contribution in [2.45, 2.75) is 25.4 Å². The summed E-state index contributed by atoms with van der Waals surface area (Å²) in [6.45, 7) is 1.45. The Hall–Kier alpha value is -1.34. The molecule has 0 spiro atoms. The highest BCUT2D eigenvalue weighted by molar-refractivity contribution is 5.30. The van der Waals surface area contributed by atoms with Crippen molar-refractivity contribution in [2.24, 2.45) is 5.73 Å².